The van der Waals surface area contributed by atoms with Gasteiger partial charge in [-0.15, -0.1) is 0 Å². The van der Waals surface area contributed by atoms with Crippen LogP contribution in [0.15, 0.2) is 48.8 Å². The predicted molar refractivity (Wildman–Crippen MR) is 138 cm³/mol. The van der Waals surface area contributed by atoms with Crippen LogP contribution >= 0.6 is 11.3 Å². The largest absolute Gasteiger partial charge is 0.466 e. The van der Waals surface area contributed by atoms with Crippen LogP contribution in [0.2, 0.25) is 0 Å². The van der Waals surface area contributed by atoms with Gasteiger partial charge in [0.25, 0.3) is 5.91 Å². The highest BCUT2D eigenvalue weighted by molar-refractivity contribution is 7.17. The van der Waals surface area contributed by atoms with Crippen molar-refractivity contribution in [3.05, 3.63) is 65.1 Å². The monoisotopic (exact) mass is 506 g/mol. The molecule has 36 heavy (non-hydrogen) atoms. The van der Waals surface area contributed by atoms with E-state index >= 15 is 0 Å². The molecule has 1 aromatic carbocycles. The van der Waals surface area contributed by atoms with Gasteiger partial charge in [0.15, 0.2) is 5.13 Å². The maximum Gasteiger partial charge on any atom is 0.307 e. The predicted octanol–water partition coefficient (Wildman–Crippen LogP) is 2.92. The second kappa shape index (κ2) is 11.0. The number of aryl methyl sites for hydroxylation is 1. The average molecular weight is 507 g/mol. The quantitative estimate of drug-likeness (QED) is 0.169. The number of hydrogen-bond acceptors (Lipinski definition) is 9. The van der Waals surface area contributed by atoms with Gasteiger partial charge in [0.1, 0.15) is 17.5 Å². The standard InChI is InChI=1S/C24H26N8O3S/c1-3-35-21(33)9-11-32(19-6-4-5-10-27-19)23(34)15-7-8-17-16(12-15)30-20(31(17)2)14-29-24-28-13-18(36-24)22(25)26/h4-8,10,12-13H,3,9,11,14H2,1-2H3,(H3,25,26)(H,28,29). The zero-order valence-electron chi connectivity index (χ0n) is 19.9. The first-order valence-electron chi connectivity index (χ1n) is 11.2. The second-order valence-electron chi connectivity index (χ2n) is 7.79. The maximum absolute atomic E-state index is 13.5. The summed E-state index contributed by atoms with van der Waals surface area (Å²) >= 11 is 1.29. The zero-order valence-corrected chi connectivity index (χ0v) is 20.7. The van der Waals surface area contributed by atoms with Crippen LogP contribution in [0, 0.1) is 5.41 Å². The van der Waals surface area contributed by atoms with E-state index in [4.69, 9.17) is 20.9 Å². The Labute approximate surface area is 211 Å². The van der Waals surface area contributed by atoms with Gasteiger partial charge < -0.3 is 20.4 Å². The fourth-order valence-electron chi connectivity index (χ4n) is 3.60. The summed E-state index contributed by atoms with van der Waals surface area (Å²) in [4.78, 5) is 40.7. The van der Waals surface area contributed by atoms with E-state index < -0.39 is 0 Å². The molecule has 186 valence electrons. The Hall–Kier alpha value is -4.32. The molecule has 0 fully saturated rings. The molecule has 0 aliphatic rings. The van der Waals surface area contributed by atoms with Crippen molar-refractivity contribution in [3.63, 3.8) is 0 Å². The van der Waals surface area contributed by atoms with Gasteiger partial charge in [-0.1, -0.05) is 17.4 Å². The minimum atomic E-state index is -0.376. The van der Waals surface area contributed by atoms with E-state index in [9.17, 15) is 9.59 Å². The number of aromatic nitrogens is 4. The summed E-state index contributed by atoms with van der Waals surface area (Å²) in [5, 5.41) is 11.3. The first kappa shape index (κ1) is 24.8. The third-order valence-electron chi connectivity index (χ3n) is 5.41. The topological polar surface area (TPSA) is 152 Å². The number of carbonyl (C=O) groups excluding carboxylic acids is 2. The molecule has 1 amide bonds. The normalized spacial score (nSPS) is 10.8. The molecule has 3 heterocycles. The number of amidine groups is 1. The lowest BCUT2D eigenvalue weighted by molar-refractivity contribution is -0.142. The number of rotatable bonds is 10. The summed E-state index contributed by atoms with van der Waals surface area (Å²) in [6, 6.07) is 10.6. The molecule has 11 nitrogen and oxygen atoms in total. The number of benzene rings is 1. The van der Waals surface area contributed by atoms with Crippen LogP contribution in [0.3, 0.4) is 0 Å². The fourth-order valence-corrected chi connectivity index (χ4v) is 4.27. The van der Waals surface area contributed by atoms with E-state index in [2.05, 4.69) is 15.3 Å². The second-order valence-corrected chi connectivity index (χ2v) is 8.82. The Morgan fingerprint density at radius 2 is 2.08 bits per heavy atom. The number of carbonyl (C=O) groups is 2. The number of nitrogens with zero attached hydrogens (tertiary/aromatic N) is 5. The number of nitrogen functional groups attached to an aromatic ring is 1. The van der Waals surface area contributed by atoms with E-state index in [-0.39, 0.29) is 37.3 Å². The van der Waals surface area contributed by atoms with Gasteiger partial charge in [-0.3, -0.25) is 19.9 Å². The summed E-state index contributed by atoms with van der Waals surface area (Å²) in [6.45, 7) is 2.56. The van der Waals surface area contributed by atoms with Gasteiger partial charge in [0.05, 0.1) is 41.7 Å². The molecule has 0 radical (unpaired) electrons. The van der Waals surface area contributed by atoms with Crippen LogP contribution in [0.1, 0.15) is 34.4 Å². The van der Waals surface area contributed by atoms with Gasteiger partial charge >= 0.3 is 5.97 Å². The van der Waals surface area contributed by atoms with Crippen molar-refractivity contribution in [1.82, 2.24) is 19.5 Å². The highest BCUT2D eigenvalue weighted by Crippen LogP contribution is 2.22. The summed E-state index contributed by atoms with van der Waals surface area (Å²) in [7, 11) is 1.90. The van der Waals surface area contributed by atoms with E-state index in [0.717, 1.165) is 11.3 Å². The van der Waals surface area contributed by atoms with E-state index in [0.29, 0.717) is 33.5 Å². The van der Waals surface area contributed by atoms with Gasteiger partial charge in [0.2, 0.25) is 0 Å². The molecular formula is C24H26N8O3S. The van der Waals surface area contributed by atoms with E-state index in [1.165, 1.54) is 16.2 Å². The number of nitrogens with two attached hydrogens (primary N) is 1. The minimum absolute atomic E-state index is 0.0255. The van der Waals surface area contributed by atoms with Crippen molar-refractivity contribution in [2.24, 2.45) is 12.8 Å². The number of fused-ring (bicyclic) bond motifs is 1. The lowest BCUT2D eigenvalue weighted by Gasteiger charge is -2.21. The molecule has 3 aromatic heterocycles. The first-order valence-corrected chi connectivity index (χ1v) is 12.1. The van der Waals surface area contributed by atoms with Crippen LogP contribution in [-0.2, 0) is 23.1 Å². The Kier molecular flexibility index (Phi) is 7.54. The number of anilines is 2. The number of thiazole rings is 1. The number of hydrogen-bond donors (Lipinski definition) is 3. The third-order valence-corrected chi connectivity index (χ3v) is 6.39. The Morgan fingerprint density at radius 3 is 2.78 bits per heavy atom. The van der Waals surface area contributed by atoms with Crippen LogP contribution < -0.4 is 16.0 Å². The Balaban J connectivity index is 1.55. The molecule has 4 N–H and O–H groups in total. The molecule has 4 rings (SSSR count). The molecule has 0 atom stereocenters. The highest BCUT2D eigenvalue weighted by Gasteiger charge is 2.21. The van der Waals surface area contributed by atoms with Crippen molar-refractivity contribution in [2.45, 2.75) is 19.9 Å². The first-order chi connectivity index (χ1) is 17.4. The number of esters is 1. The highest BCUT2D eigenvalue weighted by atomic mass is 32.1. The van der Waals surface area contributed by atoms with Gasteiger partial charge in [-0.25, -0.2) is 15.0 Å². The number of ether oxygens (including phenoxy) is 1. The Bertz CT molecular complexity index is 1400. The van der Waals surface area contributed by atoms with Crippen molar-refractivity contribution >= 4 is 51.0 Å². The van der Waals surface area contributed by atoms with Crippen molar-refractivity contribution < 1.29 is 14.3 Å². The van der Waals surface area contributed by atoms with Crippen LogP contribution in [0.5, 0.6) is 0 Å². The third kappa shape index (κ3) is 5.49. The lowest BCUT2D eigenvalue weighted by atomic mass is 10.1. The number of nitrogens with one attached hydrogen (secondary N) is 2. The SMILES string of the molecule is CCOC(=O)CCN(C(=O)c1ccc2c(c1)nc(CNc1ncc(C(=N)N)s1)n2C)c1ccccn1. The number of imidazole rings is 1. The number of amides is 1. The van der Waals surface area contributed by atoms with Crippen molar-refractivity contribution in [2.75, 3.05) is 23.4 Å². The van der Waals surface area contributed by atoms with Gasteiger partial charge in [-0.2, -0.15) is 0 Å². The molecule has 0 saturated heterocycles. The summed E-state index contributed by atoms with van der Waals surface area (Å²) in [5.74, 6) is 0.510. The van der Waals surface area contributed by atoms with Gasteiger partial charge in [-0.05, 0) is 37.3 Å². The smallest absolute Gasteiger partial charge is 0.307 e. The van der Waals surface area contributed by atoms with Crippen molar-refractivity contribution in [1.29, 1.82) is 5.41 Å². The number of pyridine rings is 1. The molecule has 0 aliphatic carbocycles. The molecule has 0 saturated carbocycles. The molecule has 0 unspecified atom stereocenters. The van der Waals surface area contributed by atoms with Crippen molar-refractivity contribution in [3.8, 4) is 0 Å². The van der Waals surface area contributed by atoms with E-state index in [1.54, 1.807) is 49.6 Å². The van der Waals surface area contributed by atoms with Crippen LogP contribution in [0.4, 0.5) is 10.9 Å². The molecule has 0 bridgehead atoms. The molecule has 4 aromatic rings. The summed E-state index contributed by atoms with van der Waals surface area (Å²) < 4.78 is 6.96. The molecule has 0 spiro atoms. The fraction of sp³-hybridized carbons (Fsp3) is 0.250. The van der Waals surface area contributed by atoms with Crippen LogP contribution in [-0.4, -0.2) is 50.4 Å². The van der Waals surface area contributed by atoms with E-state index in [1.807, 2.05) is 17.7 Å². The lowest BCUT2D eigenvalue weighted by Crippen LogP contribution is -2.34. The molecular weight excluding hydrogens is 480 g/mol. The maximum atomic E-state index is 13.5. The summed E-state index contributed by atoms with van der Waals surface area (Å²) in [6.07, 6.45) is 3.21. The zero-order chi connectivity index (χ0) is 25.7. The van der Waals surface area contributed by atoms with Gasteiger partial charge in [0, 0.05) is 25.4 Å². The van der Waals surface area contributed by atoms with Crippen LogP contribution in [0.25, 0.3) is 11.0 Å². The minimum Gasteiger partial charge on any atom is -0.466 e. The molecule has 0 aliphatic heterocycles. The average Bonchev–Trinajstić information content (AvgIpc) is 3.48. The molecule has 12 heteroatoms. The summed E-state index contributed by atoms with van der Waals surface area (Å²) in [5.41, 5.74) is 7.46. The Morgan fingerprint density at radius 1 is 1.25 bits per heavy atom.